The van der Waals surface area contributed by atoms with Gasteiger partial charge in [0.2, 0.25) is 17.7 Å². The highest BCUT2D eigenvalue weighted by atomic mass is 16.4. The Hall–Kier alpha value is -3.73. The van der Waals surface area contributed by atoms with Gasteiger partial charge in [-0.15, -0.1) is 10.2 Å². The minimum atomic E-state index is -0.00724. The van der Waals surface area contributed by atoms with Gasteiger partial charge in [-0.2, -0.15) is 0 Å². The molecular weight excluding hydrogens is 386 g/mol. The smallest absolute Gasteiger partial charge is 0.220 e. The van der Waals surface area contributed by atoms with E-state index in [0.717, 1.165) is 12.0 Å². The zero-order valence-electron chi connectivity index (χ0n) is 17.3. The minimum absolute atomic E-state index is 0.00724. The first-order valence-corrected chi connectivity index (χ1v) is 10.5. The van der Waals surface area contributed by atoms with Gasteiger partial charge in [0, 0.05) is 19.4 Å². The van der Waals surface area contributed by atoms with Crippen LogP contribution in [0, 0.1) is 0 Å². The van der Waals surface area contributed by atoms with Crippen molar-refractivity contribution in [1.29, 1.82) is 0 Å². The number of aromatic nitrogens is 2. The van der Waals surface area contributed by atoms with E-state index in [1.165, 1.54) is 16.7 Å². The lowest BCUT2D eigenvalue weighted by molar-refractivity contribution is -0.121. The lowest BCUT2D eigenvalue weighted by atomic mass is 10.0. The van der Waals surface area contributed by atoms with Gasteiger partial charge in [0.15, 0.2) is 0 Å². The van der Waals surface area contributed by atoms with Crippen LogP contribution in [-0.4, -0.2) is 22.6 Å². The highest BCUT2D eigenvalue weighted by Crippen LogP contribution is 2.20. The fourth-order valence-electron chi connectivity index (χ4n) is 3.38. The van der Waals surface area contributed by atoms with E-state index < -0.39 is 0 Å². The molecule has 3 aromatic carbocycles. The summed E-state index contributed by atoms with van der Waals surface area (Å²) in [4.78, 5) is 12.1. The molecule has 0 fully saturated rings. The normalized spacial score (nSPS) is 10.7. The fraction of sp³-hybridized carbons (Fsp3) is 0.192. The summed E-state index contributed by atoms with van der Waals surface area (Å²) in [5, 5.41) is 11.1. The molecule has 5 nitrogen and oxygen atoms in total. The molecule has 0 aliphatic heterocycles. The van der Waals surface area contributed by atoms with Crippen molar-refractivity contribution in [3.63, 3.8) is 0 Å². The van der Waals surface area contributed by atoms with Crippen LogP contribution in [-0.2, 0) is 24.1 Å². The Kier molecular flexibility index (Phi) is 6.85. The molecule has 0 saturated carbocycles. The van der Waals surface area contributed by atoms with Crippen molar-refractivity contribution in [2.75, 3.05) is 6.54 Å². The maximum atomic E-state index is 12.1. The second-order valence-corrected chi connectivity index (χ2v) is 7.41. The number of hydrogen-bond acceptors (Lipinski definition) is 4. The quantitative estimate of drug-likeness (QED) is 0.436. The van der Waals surface area contributed by atoms with E-state index in [1.54, 1.807) is 0 Å². The van der Waals surface area contributed by atoms with E-state index in [1.807, 2.05) is 36.4 Å². The first-order valence-electron chi connectivity index (χ1n) is 10.5. The predicted octanol–water partition coefficient (Wildman–Crippen LogP) is 4.62. The Balaban J connectivity index is 1.22. The third-order valence-electron chi connectivity index (χ3n) is 5.07. The number of carbonyl (C=O) groups is 1. The summed E-state index contributed by atoms with van der Waals surface area (Å²) in [6.45, 7) is 0.622. The molecule has 1 N–H and O–H groups in total. The number of carbonyl (C=O) groups excluding carboxylic acids is 1. The van der Waals surface area contributed by atoms with Crippen LogP contribution in [0.25, 0.3) is 11.1 Å². The van der Waals surface area contributed by atoms with Crippen LogP contribution in [0.2, 0.25) is 0 Å². The molecule has 0 aliphatic carbocycles. The van der Waals surface area contributed by atoms with Gasteiger partial charge in [-0.05, 0) is 28.7 Å². The zero-order chi connectivity index (χ0) is 21.3. The molecule has 1 heterocycles. The van der Waals surface area contributed by atoms with Crippen LogP contribution in [0.15, 0.2) is 89.3 Å². The number of rotatable bonds is 9. The molecular formula is C26H25N3O2. The third-order valence-corrected chi connectivity index (χ3v) is 5.07. The Bertz CT molecular complexity index is 1090. The van der Waals surface area contributed by atoms with Gasteiger partial charge in [-0.3, -0.25) is 4.79 Å². The SMILES string of the molecule is O=C(CCc1nnc(Cc2ccc(-c3ccccc3)cc2)o1)NCCc1ccccc1. The Morgan fingerprint density at radius 3 is 2.10 bits per heavy atom. The minimum Gasteiger partial charge on any atom is -0.425 e. The van der Waals surface area contributed by atoms with Crippen molar-refractivity contribution in [3.05, 3.63) is 108 Å². The highest BCUT2D eigenvalue weighted by Gasteiger charge is 2.10. The van der Waals surface area contributed by atoms with Crippen LogP contribution < -0.4 is 5.32 Å². The molecule has 0 bridgehead atoms. The lowest BCUT2D eigenvalue weighted by Crippen LogP contribution is -2.25. The van der Waals surface area contributed by atoms with Gasteiger partial charge in [0.25, 0.3) is 0 Å². The summed E-state index contributed by atoms with van der Waals surface area (Å²) in [5.74, 6) is 1.05. The van der Waals surface area contributed by atoms with Gasteiger partial charge in [0.1, 0.15) is 0 Å². The molecule has 0 saturated heterocycles. The molecule has 5 heteroatoms. The van der Waals surface area contributed by atoms with Crippen molar-refractivity contribution in [1.82, 2.24) is 15.5 Å². The molecule has 4 rings (SSSR count). The first kappa shape index (κ1) is 20.5. The molecule has 31 heavy (non-hydrogen) atoms. The molecule has 1 amide bonds. The Morgan fingerprint density at radius 2 is 1.35 bits per heavy atom. The first-order chi connectivity index (χ1) is 15.3. The number of nitrogens with one attached hydrogen (secondary N) is 1. The summed E-state index contributed by atoms with van der Waals surface area (Å²) >= 11 is 0. The zero-order valence-corrected chi connectivity index (χ0v) is 17.3. The maximum absolute atomic E-state index is 12.1. The van der Waals surface area contributed by atoms with E-state index >= 15 is 0 Å². The Labute approximate surface area is 182 Å². The number of hydrogen-bond donors (Lipinski definition) is 1. The molecule has 156 valence electrons. The van der Waals surface area contributed by atoms with Gasteiger partial charge in [0.05, 0.1) is 6.42 Å². The fourth-order valence-corrected chi connectivity index (χ4v) is 3.38. The molecule has 0 aliphatic rings. The van der Waals surface area contributed by atoms with Gasteiger partial charge < -0.3 is 9.73 Å². The van der Waals surface area contributed by atoms with Crippen LogP contribution in [0.5, 0.6) is 0 Å². The predicted molar refractivity (Wildman–Crippen MR) is 120 cm³/mol. The van der Waals surface area contributed by atoms with Gasteiger partial charge >= 0.3 is 0 Å². The van der Waals surface area contributed by atoms with Crippen molar-refractivity contribution < 1.29 is 9.21 Å². The van der Waals surface area contributed by atoms with Gasteiger partial charge in [-0.1, -0.05) is 84.9 Å². The van der Waals surface area contributed by atoms with Crippen LogP contribution >= 0.6 is 0 Å². The molecule has 4 aromatic rings. The van der Waals surface area contributed by atoms with E-state index in [0.29, 0.717) is 37.6 Å². The van der Waals surface area contributed by atoms with Crippen molar-refractivity contribution >= 4 is 5.91 Å². The number of amides is 1. The molecule has 0 spiro atoms. The summed E-state index contributed by atoms with van der Waals surface area (Å²) in [5.41, 5.74) is 4.68. The van der Waals surface area contributed by atoms with Crippen molar-refractivity contribution in [2.45, 2.75) is 25.7 Å². The van der Waals surface area contributed by atoms with E-state index in [9.17, 15) is 4.79 Å². The number of nitrogens with zero attached hydrogens (tertiary/aromatic N) is 2. The van der Waals surface area contributed by atoms with Crippen LogP contribution in [0.3, 0.4) is 0 Å². The Morgan fingerprint density at radius 1 is 0.710 bits per heavy atom. The number of benzene rings is 3. The number of aryl methyl sites for hydroxylation is 1. The van der Waals surface area contributed by atoms with E-state index in [-0.39, 0.29) is 5.91 Å². The van der Waals surface area contributed by atoms with Crippen molar-refractivity contribution in [2.24, 2.45) is 0 Å². The summed E-state index contributed by atoms with van der Waals surface area (Å²) < 4.78 is 5.72. The summed E-state index contributed by atoms with van der Waals surface area (Å²) in [6, 6.07) is 28.7. The molecule has 1 aromatic heterocycles. The van der Waals surface area contributed by atoms with Crippen LogP contribution in [0.1, 0.15) is 29.3 Å². The monoisotopic (exact) mass is 411 g/mol. The second-order valence-electron chi connectivity index (χ2n) is 7.41. The highest BCUT2D eigenvalue weighted by molar-refractivity contribution is 5.76. The topological polar surface area (TPSA) is 68.0 Å². The molecule has 0 unspecified atom stereocenters. The maximum Gasteiger partial charge on any atom is 0.220 e. The third kappa shape index (κ3) is 6.12. The second kappa shape index (κ2) is 10.3. The lowest BCUT2D eigenvalue weighted by Gasteiger charge is -2.04. The van der Waals surface area contributed by atoms with E-state index in [2.05, 4.69) is 64.0 Å². The van der Waals surface area contributed by atoms with Crippen LogP contribution in [0.4, 0.5) is 0 Å². The van der Waals surface area contributed by atoms with Crippen molar-refractivity contribution in [3.8, 4) is 11.1 Å². The van der Waals surface area contributed by atoms with Gasteiger partial charge in [-0.25, -0.2) is 0 Å². The summed E-state index contributed by atoms with van der Waals surface area (Å²) in [6.07, 6.45) is 2.17. The largest absolute Gasteiger partial charge is 0.425 e. The average molecular weight is 412 g/mol. The van der Waals surface area contributed by atoms with E-state index in [4.69, 9.17) is 4.42 Å². The molecule has 0 atom stereocenters. The molecule has 0 radical (unpaired) electrons. The average Bonchev–Trinajstić information content (AvgIpc) is 3.27. The summed E-state index contributed by atoms with van der Waals surface area (Å²) in [7, 11) is 0. The standard InChI is InChI=1S/C26H25N3O2/c30-24(27-18-17-20-7-3-1-4-8-20)15-16-25-28-29-26(31-25)19-21-11-13-23(14-12-21)22-9-5-2-6-10-22/h1-14H,15-19H2,(H,27,30).